The number of ether oxygens (including phenoxy) is 2. The molecule has 33 heavy (non-hydrogen) atoms. The number of methoxy groups -OCH3 is 1. The Labute approximate surface area is 197 Å². The number of hydrogen-bond acceptors (Lipinski definition) is 6. The van der Waals surface area contributed by atoms with Gasteiger partial charge in [-0.2, -0.15) is 0 Å². The molecule has 2 N–H and O–H groups in total. The lowest BCUT2D eigenvalue weighted by Gasteiger charge is -2.35. The second-order valence-corrected chi connectivity index (χ2v) is 10.2. The lowest BCUT2D eigenvalue weighted by Crippen LogP contribution is -2.47. The molecule has 0 atom stereocenters. The van der Waals surface area contributed by atoms with E-state index >= 15 is 0 Å². The Morgan fingerprint density at radius 3 is 2.70 bits per heavy atom. The molecule has 8 heteroatoms. The maximum atomic E-state index is 13.0. The van der Waals surface area contributed by atoms with E-state index in [1.807, 2.05) is 61.4 Å². The molecule has 0 aliphatic carbocycles. The Balaban J connectivity index is 1.70. The minimum absolute atomic E-state index is 0.0883. The van der Waals surface area contributed by atoms with Gasteiger partial charge in [0.25, 0.3) is 5.56 Å². The summed E-state index contributed by atoms with van der Waals surface area (Å²) >= 11 is 1.42. The molecule has 1 aliphatic rings. The van der Waals surface area contributed by atoms with E-state index in [1.165, 1.54) is 11.3 Å². The lowest BCUT2D eigenvalue weighted by molar-refractivity contribution is 0.0159. The number of amides is 1. The van der Waals surface area contributed by atoms with Crippen LogP contribution < -0.4 is 15.6 Å². The van der Waals surface area contributed by atoms with Crippen LogP contribution in [-0.2, 0) is 4.74 Å². The predicted molar refractivity (Wildman–Crippen MR) is 134 cm³/mol. The Bertz CT molecular complexity index is 1230. The summed E-state index contributed by atoms with van der Waals surface area (Å²) in [6, 6.07) is 5.82. The minimum atomic E-state index is -0.554. The molecule has 0 radical (unpaired) electrons. The van der Waals surface area contributed by atoms with E-state index in [-0.39, 0.29) is 17.7 Å². The van der Waals surface area contributed by atoms with Gasteiger partial charge in [-0.3, -0.25) is 4.79 Å². The highest BCUT2D eigenvalue weighted by Gasteiger charge is 2.28. The van der Waals surface area contributed by atoms with E-state index in [2.05, 4.69) is 10.3 Å². The number of aromatic amines is 1. The average Bonchev–Trinajstić information content (AvgIpc) is 3.26. The van der Waals surface area contributed by atoms with Crippen molar-refractivity contribution in [2.45, 2.75) is 45.3 Å². The minimum Gasteiger partial charge on any atom is -0.496 e. The topological polar surface area (TPSA) is 83.7 Å². The molecule has 2 aromatic heterocycles. The average molecular weight is 470 g/mol. The molecule has 1 aromatic carbocycles. The van der Waals surface area contributed by atoms with Gasteiger partial charge in [0.2, 0.25) is 0 Å². The van der Waals surface area contributed by atoms with Gasteiger partial charge in [0.15, 0.2) is 0 Å². The largest absolute Gasteiger partial charge is 0.496 e. The predicted octanol–water partition coefficient (Wildman–Crippen LogP) is 4.75. The van der Waals surface area contributed by atoms with Crippen LogP contribution in [0.5, 0.6) is 5.75 Å². The number of hydrogen-bond donors (Lipinski definition) is 2. The molecular weight excluding hydrogens is 438 g/mol. The smallest absolute Gasteiger partial charge is 0.410 e. The van der Waals surface area contributed by atoms with Crippen LogP contribution in [0.1, 0.15) is 39.2 Å². The van der Waals surface area contributed by atoms with E-state index in [4.69, 9.17) is 9.47 Å². The summed E-state index contributed by atoms with van der Waals surface area (Å²) in [6.45, 7) is 7.84. The second-order valence-electron chi connectivity index (χ2n) is 9.24. The van der Waals surface area contributed by atoms with Crippen LogP contribution >= 0.6 is 11.3 Å². The van der Waals surface area contributed by atoms with Crippen LogP contribution in [0.3, 0.4) is 0 Å². The van der Waals surface area contributed by atoms with Crippen LogP contribution in [0.15, 0.2) is 34.4 Å². The molecule has 3 heterocycles. The first-order chi connectivity index (χ1) is 15.8. The summed E-state index contributed by atoms with van der Waals surface area (Å²) < 4.78 is 12.0. The van der Waals surface area contributed by atoms with Gasteiger partial charge in [-0.1, -0.05) is 12.2 Å². The highest BCUT2D eigenvalue weighted by atomic mass is 32.1. The Morgan fingerprint density at radius 2 is 2.00 bits per heavy atom. The number of benzene rings is 1. The number of aromatic nitrogens is 1. The van der Waals surface area contributed by atoms with E-state index < -0.39 is 5.60 Å². The number of nitrogens with zero attached hydrogens (tertiary/aromatic N) is 1. The van der Waals surface area contributed by atoms with Gasteiger partial charge in [0, 0.05) is 34.4 Å². The third kappa shape index (κ3) is 5.07. The van der Waals surface area contributed by atoms with Gasteiger partial charge in [0.1, 0.15) is 16.1 Å². The number of thiophene rings is 1. The molecule has 0 bridgehead atoms. The van der Waals surface area contributed by atoms with E-state index in [0.717, 1.165) is 47.8 Å². The van der Waals surface area contributed by atoms with Crippen LogP contribution in [0.2, 0.25) is 0 Å². The van der Waals surface area contributed by atoms with Gasteiger partial charge >= 0.3 is 6.09 Å². The highest BCUT2D eigenvalue weighted by molar-refractivity contribution is 7.17. The number of piperidine rings is 1. The first-order valence-corrected chi connectivity index (χ1v) is 12.1. The third-order valence-electron chi connectivity index (χ3n) is 5.78. The number of H-pyrrole nitrogens is 1. The van der Waals surface area contributed by atoms with Crippen molar-refractivity contribution in [1.82, 2.24) is 15.2 Å². The molecular formula is C25H31N3O4S. The van der Waals surface area contributed by atoms with Crippen LogP contribution in [0.25, 0.3) is 27.1 Å². The van der Waals surface area contributed by atoms with Gasteiger partial charge in [-0.25, -0.2) is 4.79 Å². The highest BCUT2D eigenvalue weighted by Crippen LogP contribution is 2.34. The standard InChI is InChI=1S/C25H31N3O4S/c1-25(2,3)32-24(30)28(16-9-12-26-13-10-16)14-5-6-17-20(31-4)8-7-19-21(17)18-11-15-33-22(18)23(29)27-19/h5-8,11,15-16,26H,9-10,12-14H2,1-4H3,(H,27,29)/b6-5+. The molecule has 0 unspecified atom stereocenters. The second kappa shape index (κ2) is 9.57. The molecule has 7 nitrogen and oxygen atoms in total. The SMILES string of the molecule is COc1ccc2[nH]c(=O)c3sccc3c2c1/C=C/CN(C(=O)OC(C)(C)C)C1CCNCC1. The summed E-state index contributed by atoms with van der Waals surface area (Å²) in [5.41, 5.74) is 0.994. The van der Waals surface area contributed by atoms with E-state index in [0.29, 0.717) is 17.0 Å². The zero-order valence-electron chi connectivity index (χ0n) is 19.6. The third-order valence-corrected chi connectivity index (χ3v) is 6.69. The molecule has 176 valence electrons. The first-order valence-electron chi connectivity index (χ1n) is 11.3. The molecule has 1 fully saturated rings. The Hall–Kier alpha value is -2.84. The summed E-state index contributed by atoms with van der Waals surface area (Å²) in [7, 11) is 1.64. The molecule has 0 spiro atoms. The number of pyridine rings is 1. The summed E-state index contributed by atoms with van der Waals surface area (Å²) in [6.07, 6.45) is 5.44. The molecule has 4 rings (SSSR count). The summed E-state index contributed by atoms with van der Waals surface area (Å²) in [4.78, 5) is 30.2. The monoisotopic (exact) mass is 469 g/mol. The van der Waals surface area contributed by atoms with Crippen molar-refractivity contribution >= 4 is 44.5 Å². The van der Waals surface area contributed by atoms with Gasteiger partial charge in [-0.15, -0.1) is 11.3 Å². The first kappa shape index (κ1) is 23.3. The van der Waals surface area contributed by atoms with Crippen molar-refractivity contribution in [1.29, 1.82) is 0 Å². The van der Waals surface area contributed by atoms with Crippen LogP contribution in [0, 0.1) is 0 Å². The van der Waals surface area contributed by atoms with Crippen molar-refractivity contribution in [2.75, 3.05) is 26.7 Å². The lowest BCUT2D eigenvalue weighted by atomic mass is 10.0. The van der Waals surface area contributed by atoms with Crippen LogP contribution in [0.4, 0.5) is 4.79 Å². The zero-order valence-corrected chi connectivity index (χ0v) is 20.4. The molecule has 3 aromatic rings. The van der Waals surface area contributed by atoms with Crippen molar-refractivity contribution in [3.05, 3.63) is 45.6 Å². The van der Waals surface area contributed by atoms with Crippen molar-refractivity contribution in [3.63, 3.8) is 0 Å². The van der Waals surface area contributed by atoms with Gasteiger partial charge in [0.05, 0.1) is 7.11 Å². The number of fused-ring (bicyclic) bond motifs is 3. The quantitative estimate of drug-likeness (QED) is 0.563. The fourth-order valence-corrected chi connectivity index (χ4v) is 5.09. The number of carbonyl (C=O) groups excluding carboxylic acids is 1. The van der Waals surface area contributed by atoms with Crippen LogP contribution in [-0.4, -0.2) is 54.4 Å². The summed E-state index contributed by atoms with van der Waals surface area (Å²) in [5.74, 6) is 0.712. The van der Waals surface area contributed by atoms with Gasteiger partial charge in [-0.05, 0) is 70.3 Å². The van der Waals surface area contributed by atoms with E-state index in [1.54, 1.807) is 7.11 Å². The maximum absolute atomic E-state index is 13.0. The number of carbonyl (C=O) groups is 1. The Morgan fingerprint density at radius 1 is 1.24 bits per heavy atom. The molecule has 1 saturated heterocycles. The maximum Gasteiger partial charge on any atom is 0.410 e. The number of nitrogens with one attached hydrogen (secondary N) is 2. The molecule has 1 aliphatic heterocycles. The molecule has 0 saturated carbocycles. The zero-order chi connectivity index (χ0) is 23.6. The van der Waals surface area contributed by atoms with E-state index in [9.17, 15) is 9.59 Å². The van der Waals surface area contributed by atoms with Gasteiger partial charge < -0.3 is 24.7 Å². The molecule has 1 amide bonds. The number of rotatable bonds is 5. The summed E-state index contributed by atoms with van der Waals surface area (Å²) in [5, 5.41) is 7.12. The van der Waals surface area contributed by atoms with Crippen molar-refractivity contribution in [3.8, 4) is 5.75 Å². The fraction of sp³-hybridized carbons (Fsp3) is 0.440. The van der Waals surface area contributed by atoms with Crippen molar-refractivity contribution in [2.24, 2.45) is 0 Å². The normalized spacial score (nSPS) is 15.4. The van der Waals surface area contributed by atoms with Crippen molar-refractivity contribution < 1.29 is 14.3 Å². The Kier molecular flexibility index (Phi) is 6.76. The fourth-order valence-electron chi connectivity index (χ4n) is 4.29.